The highest BCUT2D eigenvalue weighted by Crippen LogP contribution is 2.10. The fourth-order valence-corrected chi connectivity index (χ4v) is 2.12. The summed E-state index contributed by atoms with van der Waals surface area (Å²) < 4.78 is 10.7. The van der Waals surface area contributed by atoms with E-state index in [-0.39, 0.29) is 19.1 Å². The number of amides is 1. The van der Waals surface area contributed by atoms with Crippen LogP contribution in [0.3, 0.4) is 0 Å². The number of carboxylic acid groups (broad SMARTS) is 1. The second-order valence-electron chi connectivity index (χ2n) is 4.92. The molecule has 1 fully saturated rings. The maximum absolute atomic E-state index is 12.2. The zero-order valence-electron chi connectivity index (χ0n) is 11.9. The van der Waals surface area contributed by atoms with Crippen molar-refractivity contribution in [3.8, 4) is 0 Å². The molecule has 1 heterocycles. The Balaban J connectivity index is 1.85. The number of hydrogen-bond acceptors (Lipinski definition) is 4. The van der Waals surface area contributed by atoms with Crippen molar-refractivity contribution in [3.63, 3.8) is 0 Å². The molecule has 1 N–H and O–H groups in total. The molecule has 1 aromatic rings. The minimum atomic E-state index is -1.05. The Bertz CT molecular complexity index is 490. The third-order valence-electron chi connectivity index (χ3n) is 3.34. The van der Waals surface area contributed by atoms with Gasteiger partial charge in [0.15, 0.2) is 6.10 Å². The van der Waals surface area contributed by atoms with Gasteiger partial charge in [0.05, 0.1) is 19.8 Å². The minimum Gasteiger partial charge on any atom is -0.479 e. The van der Waals surface area contributed by atoms with E-state index in [9.17, 15) is 9.59 Å². The van der Waals surface area contributed by atoms with Gasteiger partial charge >= 0.3 is 5.97 Å². The van der Waals surface area contributed by atoms with Crippen molar-refractivity contribution in [1.29, 1.82) is 0 Å². The second-order valence-corrected chi connectivity index (χ2v) is 4.92. The first-order valence-electron chi connectivity index (χ1n) is 6.86. The van der Waals surface area contributed by atoms with Crippen LogP contribution in [0.5, 0.6) is 0 Å². The number of carboxylic acids is 1. The van der Waals surface area contributed by atoms with Gasteiger partial charge in [-0.3, -0.25) is 4.79 Å². The standard InChI is InChI=1S/C15H19NO5/c1-11(21-10-12-5-3-2-4-6-12)14(17)16-7-8-20-13(9-16)15(18)19/h2-6,11,13H,7-10H2,1H3,(H,18,19). The van der Waals surface area contributed by atoms with E-state index in [1.807, 2.05) is 30.3 Å². The molecule has 2 rings (SSSR count). The summed E-state index contributed by atoms with van der Waals surface area (Å²) in [5, 5.41) is 8.93. The zero-order chi connectivity index (χ0) is 15.2. The molecule has 1 saturated heterocycles. The van der Waals surface area contributed by atoms with Crippen LogP contribution in [0.15, 0.2) is 30.3 Å². The molecule has 0 spiro atoms. The summed E-state index contributed by atoms with van der Waals surface area (Å²) in [7, 11) is 0. The van der Waals surface area contributed by atoms with Crippen molar-refractivity contribution in [1.82, 2.24) is 4.90 Å². The average Bonchev–Trinajstić information content (AvgIpc) is 2.53. The van der Waals surface area contributed by atoms with E-state index < -0.39 is 18.2 Å². The number of hydrogen-bond donors (Lipinski definition) is 1. The number of carbonyl (C=O) groups is 2. The van der Waals surface area contributed by atoms with Gasteiger partial charge in [-0.2, -0.15) is 0 Å². The van der Waals surface area contributed by atoms with Gasteiger partial charge in [-0.05, 0) is 12.5 Å². The lowest BCUT2D eigenvalue weighted by molar-refractivity contribution is -0.163. The Morgan fingerprint density at radius 1 is 1.43 bits per heavy atom. The highest BCUT2D eigenvalue weighted by molar-refractivity contribution is 5.82. The van der Waals surface area contributed by atoms with Gasteiger partial charge in [-0.25, -0.2) is 4.79 Å². The lowest BCUT2D eigenvalue weighted by atomic mass is 10.2. The lowest BCUT2D eigenvalue weighted by Crippen LogP contribution is -2.51. The topological polar surface area (TPSA) is 76.1 Å². The lowest BCUT2D eigenvalue weighted by Gasteiger charge is -2.32. The van der Waals surface area contributed by atoms with Crippen molar-refractivity contribution in [2.75, 3.05) is 19.7 Å². The van der Waals surface area contributed by atoms with Crippen molar-refractivity contribution in [2.45, 2.75) is 25.7 Å². The van der Waals surface area contributed by atoms with E-state index in [1.165, 1.54) is 4.90 Å². The molecule has 1 aromatic carbocycles. The van der Waals surface area contributed by atoms with Crippen molar-refractivity contribution < 1.29 is 24.2 Å². The zero-order valence-corrected chi connectivity index (χ0v) is 11.9. The Hall–Kier alpha value is -1.92. The van der Waals surface area contributed by atoms with E-state index >= 15 is 0 Å². The third-order valence-corrected chi connectivity index (χ3v) is 3.34. The van der Waals surface area contributed by atoms with Crippen LogP contribution in [-0.4, -0.2) is 53.8 Å². The second kappa shape index (κ2) is 7.19. The van der Waals surface area contributed by atoms with Gasteiger partial charge in [0, 0.05) is 6.54 Å². The van der Waals surface area contributed by atoms with Crippen molar-refractivity contribution in [3.05, 3.63) is 35.9 Å². The maximum Gasteiger partial charge on any atom is 0.334 e. The Kier molecular flexibility index (Phi) is 5.30. The number of ether oxygens (including phenoxy) is 2. The molecular formula is C15H19NO5. The normalized spacial score (nSPS) is 20.0. The number of aliphatic carboxylic acids is 1. The summed E-state index contributed by atoms with van der Waals surface area (Å²) in [5.41, 5.74) is 0.988. The monoisotopic (exact) mass is 293 g/mol. The highest BCUT2D eigenvalue weighted by Gasteiger charge is 2.31. The van der Waals surface area contributed by atoms with Gasteiger partial charge in [-0.1, -0.05) is 30.3 Å². The first-order chi connectivity index (χ1) is 10.1. The van der Waals surface area contributed by atoms with Crippen LogP contribution in [0, 0.1) is 0 Å². The molecule has 6 nitrogen and oxygen atoms in total. The smallest absolute Gasteiger partial charge is 0.334 e. The molecule has 0 saturated carbocycles. The average molecular weight is 293 g/mol. The molecule has 1 aliphatic rings. The number of nitrogens with zero attached hydrogens (tertiary/aromatic N) is 1. The van der Waals surface area contributed by atoms with Crippen LogP contribution in [0.2, 0.25) is 0 Å². The first-order valence-corrected chi connectivity index (χ1v) is 6.86. The fraction of sp³-hybridized carbons (Fsp3) is 0.467. The summed E-state index contributed by atoms with van der Waals surface area (Å²) in [6, 6.07) is 9.58. The summed E-state index contributed by atoms with van der Waals surface area (Å²) in [6.45, 7) is 2.71. The van der Waals surface area contributed by atoms with Crippen LogP contribution in [0.4, 0.5) is 0 Å². The first kappa shape index (κ1) is 15.5. The summed E-state index contributed by atoms with van der Waals surface area (Å²) in [6.07, 6.45) is -1.57. The van der Waals surface area contributed by atoms with Crippen molar-refractivity contribution in [2.24, 2.45) is 0 Å². The molecule has 0 radical (unpaired) electrons. The van der Waals surface area contributed by atoms with E-state index in [1.54, 1.807) is 6.92 Å². The van der Waals surface area contributed by atoms with Gasteiger partial charge in [0.25, 0.3) is 5.91 Å². The van der Waals surface area contributed by atoms with Gasteiger partial charge in [0.2, 0.25) is 0 Å². The van der Waals surface area contributed by atoms with Crippen molar-refractivity contribution >= 4 is 11.9 Å². The summed E-state index contributed by atoms with van der Waals surface area (Å²) in [5.74, 6) is -1.26. The number of benzene rings is 1. The van der Waals surface area contributed by atoms with Gasteiger partial charge in [0.1, 0.15) is 6.10 Å². The summed E-state index contributed by atoms with van der Waals surface area (Å²) in [4.78, 5) is 24.6. The molecule has 0 aromatic heterocycles. The Morgan fingerprint density at radius 2 is 2.14 bits per heavy atom. The minimum absolute atomic E-state index is 0.0627. The SMILES string of the molecule is CC(OCc1ccccc1)C(=O)N1CCOC(C(=O)O)C1. The van der Waals surface area contributed by atoms with E-state index in [2.05, 4.69) is 0 Å². The molecule has 2 unspecified atom stereocenters. The van der Waals surface area contributed by atoms with Crippen LogP contribution < -0.4 is 0 Å². The summed E-state index contributed by atoms with van der Waals surface area (Å²) >= 11 is 0. The van der Waals surface area contributed by atoms with Crippen LogP contribution in [0.25, 0.3) is 0 Å². The quantitative estimate of drug-likeness (QED) is 0.873. The molecule has 0 aliphatic carbocycles. The third kappa shape index (κ3) is 4.27. The highest BCUT2D eigenvalue weighted by atomic mass is 16.5. The van der Waals surface area contributed by atoms with Gasteiger partial charge < -0.3 is 19.5 Å². The molecule has 2 atom stereocenters. The Labute approximate surface area is 123 Å². The molecule has 6 heteroatoms. The molecule has 21 heavy (non-hydrogen) atoms. The molecule has 114 valence electrons. The van der Waals surface area contributed by atoms with E-state index in [0.29, 0.717) is 13.2 Å². The molecular weight excluding hydrogens is 274 g/mol. The number of carbonyl (C=O) groups excluding carboxylic acids is 1. The molecule has 1 amide bonds. The number of morpholine rings is 1. The predicted octanol–water partition coefficient (Wildman–Crippen LogP) is 0.904. The van der Waals surface area contributed by atoms with Crippen LogP contribution >= 0.6 is 0 Å². The molecule has 1 aliphatic heterocycles. The number of rotatable bonds is 5. The van der Waals surface area contributed by atoms with E-state index in [0.717, 1.165) is 5.56 Å². The fourth-order valence-electron chi connectivity index (χ4n) is 2.12. The van der Waals surface area contributed by atoms with Crippen LogP contribution in [-0.2, 0) is 25.7 Å². The van der Waals surface area contributed by atoms with Gasteiger partial charge in [-0.15, -0.1) is 0 Å². The van der Waals surface area contributed by atoms with E-state index in [4.69, 9.17) is 14.6 Å². The van der Waals surface area contributed by atoms with Crippen LogP contribution in [0.1, 0.15) is 12.5 Å². The molecule has 0 bridgehead atoms. The predicted molar refractivity (Wildman–Crippen MR) is 74.6 cm³/mol. The Morgan fingerprint density at radius 3 is 2.81 bits per heavy atom. The maximum atomic E-state index is 12.2. The largest absolute Gasteiger partial charge is 0.479 e.